The number of carbonyl (C=O) groups is 1. The van der Waals surface area contributed by atoms with Gasteiger partial charge in [0.15, 0.2) is 11.5 Å². The molecule has 4 aromatic rings. The average molecular weight is 422 g/mol. The molecule has 154 valence electrons. The third-order valence-corrected chi connectivity index (χ3v) is 7.12. The van der Waals surface area contributed by atoms with Gasteiger partial charge in [-0.05, 0) is 38.7 Å². The van der Waals surface area contributed by atoms with Crippen LogP contribution in [0.5, 0.6) is 0 Å². The van der Waals surface area contributed by atoms with Gasteiger partial charge in [-0.2, -0.15) is 4.52 Å². The summed E-state index contributed by atoms with van der Waals surface area (Å²) >= 11 is 1.54. The quantitative estimate of drug-likeness (QED) is 0.508. The Balaban J connectivity index is 1.70. The highest BCUT2D eigenvalue weighted by molar-refractivity contribution is 7.19. The van der Waals surface area contributed by atoms with E-state index in [0.29, 0.717) is 11.5 Å². The van der Waals surface area contributed by atoms with Gasteiger partial charge in [0.1, 0.15) is 11.4 Å². The van der Waals surface area contributed by atoms with Crippen LogP contribution in [0.2, 0.25) is 0 Å². The molecule has 0 bridgehead atoms. The fraction of sp³-hybridized carbons (Fsp3) is 0.364. The van der Waals surface area contributed by atoms with Gasteiger partial charge in [0.2, 0.25) is 5.91 Å². The molecule has 7 nitrogen and oxygen atoms in total. The van der Waals surface area contributed by atoms with Crippen LogP contribution in [0, 0.1) is 13.8 Å². The molecule has 0 unspecified atom stereocenters. The number of amides is 1. The van der Waals surface area contributed by atoms with Crippen molar-refractivity contribution in [3.05, 3.63) is 51.3 Å². The van der Waals surface area contributed by atoms with Crippen LogP contribution in [0.4, 0.5) is 0 Å². The third-order valence-electron chi connectivity index (χ3n) is 5.89. The van der Waals surface area contributed by atoms with E-state index in [-0.39, 0.29) is 18.1 Å². The minimum atomic E-state index is -0.321. The Morgan fingerprint density at radius 3 is 2.57 bits per heavy atom. The molecule has 0 saturated carbocycles. The Hall–Kier alpha value is -3.00. The summed E-state index contributed by atoms with van der Waals surface area (Å²) in [6.45, 7) is 5.63. The molecule has 0 N–H and O–H groups in total. The first kappa shape index (κ1) is 19.0. The molecule has 3 aromatic heterocycles. The molecule has 1 aliphatic heterocycles. The topological polar surface area (TPSA) is 72.5 Å². The molecule has 1 amide bonds. The number of likely N-dealkylation sites (tertiary alicyclic amines) is 1. The van der Waals surface area contributed by atoms with Crippen molar-refractivity contribution < 1.29 is 4.79 Å². The molecule has 30 heavy (non-hydrogen) atoms. The first-order chi connectivity index (χ1) is 14.5. The van der Waals surface area contributed by atoms with Crippen LogP contribution >= 0.6 is 11.3 Å². The van der Waals surface area contributed by atoms with E-state index in [4.69, 9.17) is 4.98 Å². The molecule has 0 atom stereocenters. The van der Waals surface area contributed by atoms with Crippen molar-refractivity contribution in [1.29, 1.82) is 0 Å². The van der Waals surface area contributed by atoms with Crippen LogP contribution < -0.4 is 5.69 Å². The summed E-state index contributed by atoms with van der Waals surface area (Å²) in [5.74, 6) is 0.502. The summed E-state index contributed by atoms with van der Waals surface area (Å²) in [6, 6.07) is 9.63. The summed E-state index contributed by atoms with van der Waals surface area (Å²) in [7, 11) is 0. The number of hydrogen-bond acceptors (Lipinski definition) is 5. The Morgan fingerprint density at radius 1 is 1.10 bits per heavy atom. The number of rotatable bonds is 3. The standard InChI is InChI=1S/C22H23N5O2S/c1-14-15(2)30-21-18(14)20-23-19(16-9-5-3-6-10-16)24-27(20)22(29)26(21)13-17(28)25-11-7-4-8-12-25/h3,5-6,9-10H,4,7-8,11-13H2,1-2H3. The van der Waals surface area contributed by atoms with Crippen molar-refractivity contribution in [2.45, 2.75) is 39.7 Å². The fourth-order valence-corrected chi connectivity index (χ4v) is 5.24. The summed E-state index contributed by atoms with van der Waals surface area (Å²) in [6.07, 6.45) is 3.20. The maximum atomic E-state index is 13.4. The van der Waals surface area contributed by atoms with Gasteiger partial charge in [-0.15, -0.1) is 16.4 Å². The van der Waals surface area contributed by atoms with Crippen molar-refractivity contribution in [3.63, 3.8) is 0 Å². The monoisotopic (exact) mass is 421 g/mol. The van der Waals surface area contributed by atoms with E-state index in [9.17, 15) is 9.59 Å². The molecule has 5 rings (SSSR count). The second-order valence-corrected chi connectivity index (χ2v) is 9.01. The van der Waals surface area contributed by atoms with Crippen molar-refractivity contribution >= 4 is 33.1 Å². The molecule has 8 heteroatoms. The summed E-state index contributed by atoms with van der Waals surface area (Å²) in [5.41, 5.74) is 2.16. The summed E-state index contributed by atoms with van der Waals surface area (Å²) in [5, 5.41) is 5.42. The minimum absolute atomic E-state index is 0.00967. The fourth-order valence-electron chi connectivity index (χ4n) is 4.10. The van der Waals surface area contributed by atoms with Crippen LogP contribution in [-0.2, 0) is 11.3 Å². The van der Waals surface area contributed by atoms with Crippen molar-refractivity contribution in [3.8, 4) is 11.4 Å². The predicted octanol–water partition coefficient (Wildman–Crippen LogP) is 3.40. The van der Waals surface area contributed by atoms with E-state index in [0.717, 1.165) is 58.6 Å². The van der Waals surface area contributed by atoms with Gasteiger partial charge in [0.05, 0.1) is 5.39 Å². The van der Waals surface area contributed by atoms with Gasteiger partial charge in [0, 0.05) is 23.5 Å². The number of aromatic nitrogens is 4. The Bertz CT molecular complexity index is 1310. The predicted molar refractivity (Wildman–Crippen MR) is 118 cm³/mol. The SMILES string of the molecule is Cc1sc2c(c1C)c1nc(-c3ccccc3)nn1c(=O)n2CC(=O)N1CCCCC1. The molecule has 0 aliphatic carbocycles. The van der Waals surface area contributed by atoms with Crippen molar-refractivity contribution in [1.82, 2.24) is 24.1 Å². The first-order valence-electron chi connectivity index (χ1n) is 10.3. The maximum absolute atomic E-state index is 13.4. The van der Waals surface area contributed by atoms with Gasteiger partial charge in [0.25, 0.3) is 0 Å². The van der Waals surface area contributed by atoms with E-state index in [1.807, 2.05) is 49.1 Å². The third kappa shape index (κ3) is 3.02. The molecular weight excluding hydrogens is 398 g/mol. The number of fused-ring (bicyclic) bond motifs is 3. The molecule has 1 fully saturated rings. The summed E-state index contributed by atoms with van der Waals surface area (Å²) in [4.78, 5) is 34.8. The van der Waals surface area contributed by atoms with Gasteiger partial charge in [-0.1, -0.05) is 30.3 Å². The van der Waals surface area contributed by atoms with E-state index >= 15 is 0 Å². The van der Waals surface area contributed by atoms with Crippen molar-refractivity contribution in [2.75, 3.05) is 13.1 Å². The molecular formula is C22H23N5O2S. The molecule has 4 heterocycles. The highest BCUT2D eigenvalue weighted by Gasteiger charge is 2.23. The molecule has 1 aromatic carbocycles. The van der Waals surface area contributed by atoms with Gasteiger partial charge < -0.3 is 4.90 Å². The average Bonchev–Trinajstić information content (AvgIpc) is 3.34. The van der Waals surface area contributed by atoms with Crippen LogP contribution in [0.15, 0.2) is 35.1 Å². The number of carbonyl (C=O) groups excluding carboxylic acids is 1. The van der Waals surface area contributed by atoms with Crippen LogP contribution in [-0.4, -0.2) is 43.1 Å². The zero-order chi connectivity index (χ0) is 20.8. The number of piperidine rings is 1. The number of aryl methyl sites for hydroxylation is 2. The minimum Gasteiger partial charge on any atom is -0.341 e. The highest BCUT2D eigenvalue weighted by Crippen LogP contribution is 2.32. The van der Waals surface area contributed by atoms with Gasteiger partial charge >= 0.3 is 5.69 Å². The van der Waals surface area contributed by atoms with E-state index in [2.05, 4.69) is 5.10 Å². The van der Waals surface area contributed by atoms with Crippen molar-refractivity contribution in [2.24, 2.45) is 0 Å². The van der Waals surface area contributed by atoms with Gasteiger partial charge in [-0.3, -0.25) is 9.36 Å². The lowest BCUT2D eigenvalue weighted by Crippen LogP contribution is -2.40. The smallest absolute Gasteiger partial charge is 0.341 e. The molecule has 0 radical (unpaired) electrons. The first-order valence-corrected chi connectivity index (χ1v) is 11.1. The van der Waals surface area contributed by atoms with Gasteiger partial charge in [-0.25, -0.2) is 9.78 Å². The lowest BCUT2D eigenvalue weighted by Gasteiger charge is -2.27. The van der Waals surface area contributed by atoms with E-state index in [1.165, 1.54) is 15.9 Å². The molecule has 1 saturated heterocycles. The molecule has 1 aliphatic rings. The number of benzene rings is 1. The lowest BCUT2D eigenvalue weighted by atomic mass is 10.1. The van der Waals surface area contributed by atoms with Crippen LogP contribution in [0.1, 0.15) is 29.7 Å². The second kappa shape index (κ2) is 7.36. The lowest BCUT2D eigenvalue weighted by molar-refractivity contribution is -0.132. The van der Waals surface area contributed by atoms with Crippen LogP contribution in [0.25, 0.3) is 27.3 Å². The normalized spacial score (nSPS) is 14.7. The largest absolute Gasteiger partial charge is 0.352 e. The number of thiophene rings is 1. The zero-order valence-corrected chi connectivity index (χ0v) is 17.9. The highest BCUT2D eigenvalue weighted by atomic mass is 32.1. The Kier molecular flexibility index (Phi) is 4.66. The second-order valence-electron chi connectivity index (χ2n) is 7.81. The molecule has 0 spiro atoms. The van der Waals surface area contributed by atoms with Crippen LogP contribution in [0.3, 0.4) is 0 Å². The number of nitrogens with zero attached hydrogens (tertiary/aromatic N) is 5. The summed E-state index contributed by atoms with van der Waals surface area (Å²) < 4.78 is 2.93. The van der Waals surface area contributed by atoms with E-state index in [1.54, 1.807) is 4.57 Å². The maximum Gasteiger partial charge on any atom is 0.352 e. The Labute approximate surface area is 177 Å². The Morgan fingerprint density at radius 2 is 1.83 bits per heavy atom. The van der Waals surface area contributed by atoms with E-state index < -0.39 is 0 Å². The number of hydrogen-bond donors (Lipinski definition) is 0. The zero-order valence-electron chi connectivity index (χ0n) is 17.1.